The highest BCUT2D eigenvalue weighted by molar-refractivity contribution is 6.30. The minimum absolute atomic E-state index is 0.141. The van der Waals surface area contributed by atoms with Gasteiger partial charge >= 0.3 is 5.97 Å². The van der Waals surface area contributed by atoms with E-state index in [0.717, 1.165) is 5.56 Å². The number of rotatable bonds is 3. The molecule has 0 saturated heterocycles. The number of aromatic carboxylic acids is 1. The van der Waals surface area contributed by atoms with Gasteiger partial charge < -0.3 is 10.4 Å². The predicted molar refractivity (Wildman–Crippen MR) is 92.0 cm³/mol. The summed E-state index contributed by atoms with van der Waals surface area (Å²) in [6.45, 7) is 0. The molecule has 0 bridgehead atoms. The maximum Gasteiger partial charge on any atom is 0.335 e. The van der Waals surface area contributed by atoms with E-state index in [1.165, 1.54) is 12.1 Å². The SMILES string of the molecule is O=C1NC(Nc2cccc(C(=O)O)c2)=N/C1=C\c1ccc(Cl)cc1. The molecule has 7 heteroatoms. The van der Waals surface area contributed by atoms with Crippen LogP contribution in [-0.2, 0) is 4.79 Å². The number of hydrogen-bond donors (Lipinski definition) is 3. The smallest absolute Gasteiger partial charge is 0.335 e. The largest absolute Gasteiger partial charge is 0.478 e. The van der Waals surface area contributed by atoms with Crippen molar-refractivity contribution in [2.75, 3.05) is 5.32 Å². The van der Waals surface area contributed by atoms with Crippen LogP contribution in [0, 0.1) is 0 Å². The zero-order valence-electron chi connectivity index (χ0n) is 12.3. The van der Waals surface area contributed by atoms with E-state index < -0.39 is 5.97 Å². The van der Waals surface area contributed by atoms with Crippen molar-refractivity contribution in [3.63, 3.8) is 0 Å². The minimum atomic E-state index is -1.03. The minimum Gasteiger partial charge on any atom is -0.478 e. The molecule has 0 unspecified atom stereocenters. The van der Waals surface area contributed by atoms with Crippen molar-refractivity contribution in [1.29, 1.82) is 0 Å². The quantitative estimate of drug-likeness (QED) is 0.748. The third-order valence-corrected chi connectivity index (χ3v) is 3.49. The fraction of sp³-hybridized carbons (Fsp3) is 0. The lowest BCUT2D eigenvalue weighted by atomic mass is 10.2. The van der Waals surface area contributed by atoms with Crippen LogP contribution < -0.4 is 10.6 Å². The number of carbonyl (C=O) groups excluding carboxylic acids is 1. The Labute approximate surface area is 142 Å². The van der Waals surface area contributed by atoms with Crippen LogP contribution in [0.1, 0.15) is 15.9 Å². The first-order valence-electron chi connectivity index (χ1n) is 6.99. The van der Waals surface area contributed by atoms with Gasteiger partial charge in [-0.3, -0.25) is 10.1 Å². The molecule has 1 aliphatic heterocycles. The van der Waals surface area contributed by atoms with Gasteiger partial charge in [0.15, 0.2) is 0 Å². The van der Waals surface area contributed by atoms with E-state index in [2.05, 4.69) is 15.6 Å². The number of aliphatic imine (C=N–C) groups is 1. The third kappa shape index (κ3) is 3.61. The zero-order chi connectivity index (χ0) is 17.1. The molecule has 2 aromatic rings. The Bertz CT molecular complexity index is 873. The molecule has 0 aromatic heterocycles. The summed E-state index contributed by atoms with van der Waals surface area (Å²) >= 11 is 5.83. The molecular weight excluding hydrogens is 330 g/mol. The Hall–Kier alpha value is -3.12. The van der Waals surface area contributed by atoms with Crippen molar-refractivity contribution >= 4 is 41.2 Å². The summed E-state index contributed by atoms with van der Waals surface area (Å²) < 4.78 is 0. The molecule has 1 aliphatic rings. The van der Waals surface area contributed by atoms with Gasteiger partial charge in [-0.05, 0) is 42.0 Å². The third-order valence-electron chi connectivity index (χ3n) is 3.24. The molecule has 6 nitrogen and oxygen atoms in total. The van der Waals surface area contributed by atoms with Crippen molar-refractivity contribution in [1.82, 2.24) is 5.32 Å². The lowest BCUT2D eigenvalue weighted by molar-refractivity contribution is -0.115. The lowest BCUT2D eigenvalue weighted by Crippen LogP contribution is -2.30. The van der Waals surface area contributed by atoms with Crippen molar-refractivity contribution in [3.05, 3.63) is 70.4 Å². The van der Waals surface area contributed by atoms with Gasteiger partial charge in [-0.15, -0.1) is 0 Å². The first-order valence-corrected chi connectivity index (χ1v) is 7.37. The van der Waals surface area contributed by atoms with Crippen molar-refractivity contribution < 1.29 is 14.7 Å². The molecule has 1 heterocycles. The van der Waals surface area contributed by atoms with E-state index >= 15 is 0 Å². The van der Waals surface area contributed by atoms with Crippen LogP contribution in [0.5, 0.6) is 0 Å². The van der Waals surface area contributed by atoms with E-state index in [4.69, 9.17) is 16.7 Å². The first kappa shape index (κ1) is 15.8. The van der Waals surface area contributed by atoms with Crippen LogP contribution >= 0.6 is 11.6 Å². The predicted octanol–water partition coefficient (Wildman–Crippen LogP) is 2.98. The summed E-state index contributed by atoms with van der Waals surface area (Å²) in [4.78, 5) is 27.1. The van der Waals surface area contributed by atoms with Gasteiger partial charge in [0, 0.05) is 10.7 Å². The highest BCUT2D eigenvalue weighted by Crippen LogP contribution is 2.16. The Balaban J connectivity index is 1.80. The Morgan fingerprint density at radius 3 is 2.67 bits per heavy atom. The monoisotopic (exact) mass is 341 g/mol. The number of nitrogens with one attached hydrogen (secondary N) is 2. The summed E-state index contributed by atoms with van der Waals surface area (Å²) in [6.07, 6.45) is 1.63. The molecule has 1 amide bonds. The Kier molecular flexibility index (Phi) is 4.31. The van der Waals surface area contributed by atoms with Crippen LogP contribution in [0.15, 0.2) is 59.2 Å². The van der Waals surface area contributed by atoms with Crippen LogP contribution in [0.2, 0.25) is 5.02 Å². The fourth-order valence-corrected chi connectivity index (χ4v) is 2.24. The van der Waals surface area contributed by atoms with Crippen LogP contribution in [0.3, 0.4) is 0 Å². The van der Waals surface area contributed by atoms with Gasteiger partial charge in [0.2, 0.25) is 5.96 Å². The molecule has 0 aliphatic carbocycles. The second-order valence-corrected chi connectivity index (χ2v) is 5.44. The van der Waals surface area contributed by atoms with E-state index in [-0.39, 0.29) is 23.1 Å². The summed E-state index contributed by atoms with van der Waals surface area (Å²) in [6, 6.07) is 13.2. The molecule has 0 radical (unpaired) electrons. The highest BCUT2D eigenvalue weighted by atomic mass is 35.5. The number of halogens is 1. The number of carbonyl (C=O) groups is 2. The average Bonchev–Trinajstić information content (AvgIpc) is 2.89. The fourth-order valence-electron chi connectivity index (χ4n) is 2.11. The van der Waals surface area contributed by atoms with E-state index in [1.807, 2.05) is 0 Å². The van der Waals surface area contributed by atoms with Gasteiger partial charge in [0.05, 0.1) is 5.56 Å². The van der Waals surface area contributed by atoms with Crippen molar-refractivity contribution in [2.45, 2.75) is 0 Å². The molecule has 24 heavy (non-hydrogen) atoms. The lowest BCUT2D eigenvalue weighted by Gasteiger charge is -2.05. The number of carboxylic acids is 1. The van der Waals surface area contributed by atoms with Crippen molar-refractivity contribution in [3.8, 4) is 0 Å². The summed E-state index contributed by atoms with van der Waals surface area (Å²) in [5.41, 5.74) is 1.69. The highest BCUT2D eigenvalue weighted by Gasteiger charge is 2.20. The van der Waals surface area contributed by atoms with Crippen LogP contribution in [0.4, 0.5) is 5.69 Å². The second kappa shape index (κ2) is 6.55. The number of amides is 1. The standard InChI is InChI=1S/C17H12ClN3O3/c18-12-6-4-10(5-7-12)8-14-15(22)21-17(20-14)19-13-3-1-2-11(9-13)16(23)24/h1-9H,(H,23,24)(H2,19,20,21,22)/b14-8-. The molecule has 0 saturated carbocycles. The molecule has 120 valence electrons. The molecule has 0 fully saturated rings. The Morgan fingerprint density at radius 2 is 1.96 bits per heavy atom. The summed E-state index contributed by atoms with van der Waals surface area (Å²) in [7, 11) is 0. The number of carboxylic acid groups (broad SMARTS) is 1. The van der Waals surface area contributed by atoms with Gasteiger partial charge in [-0.2, -0.15) is 0 Å². The maximum atomic E-state index is 12.0. The number of nitrogens with zero attached hydrogens (tertiary/aromatic N) is 1. The molecular formula is C17H12ClN3O3. The Morgan fingerprint density at radius 1 is 1.21 bits per heavy atom. The summed E-state index contributed by atoms with van der Waals surface area (Å²) in [5.74, 6) is -1.14. The van der Waals surface area contributed by atoms with E-state index in [1.54, 1.807) is 42.5 Å². The second-order valence-electron chi connectivity index (χ2n) is 5.01. The normalized spacial score (nSPS) is 15.1. The zero-order valence-corrected chi connectivity index (χ0v) is 13.0. The van der Waals surface area contributed by atoms with Gasteiger partial charge in [0.1, 0.15) is 5.70 Å². The summed E-state index contributed by atoms with van der Waals surface area (Å²) in [5, 5.41) is 15.1. The molecule has 0 spiro atoms. The van der Waals surface area contributed by atoms with Gasteiger partial charge in [-0.25, -0.2) is 9.79 Å². The van der Waals surface area contributed by atoms with E-state index in [9.17, 15) is 9.59 Å². The van der Waals surface area contributed by atoms with Crippen molar-refractivity contribution in [2.24, 2.45) is 4.99 Å². The molecule has 2 aromatic carbocycles. The van der Waals surface area contributed by atoms with E-state index in [0.29, 0.717) is 10.7 Å². The number of anilines is 1. The van der Waals surface area contributed by atoms with Crippen LogP contribution in [0.25, 0.3) is 6.08 Å². The number of benzene rings is 2. The first-order chi connectivity index (χ1) is 11.5. The van der Waals surface area contributed by atoms with Gasteiger partial charge in [-0.1, -0.05) is 29.8 Å². The topological polar surface area (TPSA) is 90.8 Å². The molecule has 3 rings (SSSR count). The number of guanidine groups is 1. The van der Waals surface area contributed by atoms with Gasteiger partial charge in [0.25, 0.3) is 5.91 Å². The molecule has 0 atom stereocenters. The average molecular weight is 342 g/mol. The number of hydrogen-bond acceptors (Lipinski definition) is 4. The van der Waals surface area contributed by atoms with Crippen LogP contribution in [-0.4, -0.2) is 22.9 Å². The maximum absolute atomic E-state index is 12.0. The molecule has 3 N–H and O–H groups in total.